The Bertz CT molecular complexity index is 687. The van der Waals surface area contributed by atoms with Gasteiger partial charge in [0, 0.05) is 12.1 Å². The molecule has 0 aromatic heterocycles. The van der Waals surface area contributed by atoms with E-state index in [0.29, 0.717) is 23.8 Å². The molecule has 0 heterocycles. The van der Waals surface area contributed by atoms with Gasteiger partial charge in [-0.15, -0.1) is 0 Å². The molecule has 3 bridgehead atoms. The van der Waals surface area contributed by atoms with E-state index in [1.165, 1.54) is 31.2 Å². The summed E-state index contributed by atoms with van der Waals surface area (Å²) >= 11 is 0. The second-order valence-corrected chi connectivity index (χ2v) is 10.4. The summed E-state index contributed by atoms with van der Waals surface area (Å²) in [6.07, 6.45) is 6.13. The molecule has 148 valence electrons. The first-order valence-electron chi connectivity index (χ1n) is 10.9. The first-order valence-corrected chi connectivity index (χ1v) is 10.9. The third-order valence-electron chi connectivity index (χ3n) is 8.34. The van der Waals surface area contributed by atoms with Gasteiger partial charge in [0.2, 0.25) is 0 Å². The lowest BCUT2D eigenvalue weighted by Gasteiger charge is -2.49. The van der Waals surface area contributed by atoms with Gasteiger partial charge >= 0.3 is 6.03 Å². The summed E-state index contributed by atoms with van der Waals surface area (Å²) in [5, 5.41) is 6.59. The van der Waals surface area contributed by atoms with E-state index in [9.17, 15) is 4.79 Å². The lowest BCUT2D eigenvalue weighted by Crippen LogP contribution is -2.57. The van der Waals surface area contributed by atoms with Crippen molar-refractivity contribution in [1.29, 1.82) is 0 Å². The smallest absolute Gasteiger partial charge is 0.315 e. The van der Waals surface area contributed by atoms with Crippen LogP contribution >= 0.6 is 0 Å². The zero-order valence-corrected chi connectivity index (χ0v) is 17.4. The molecule has 4 rings (SSSR count). The van der Waals surface area contributed by atoms with E-state index < -0.39 is 0 Å². The third-order valence-corrected chi connectivity index (χ3v) is 8.34. The molecule has 2 unspecified atom stereocenters. The number of rotatable bonds is 5. The van der Waals surface area contributed by atoms with Crippen LogP contribution < -0.4 is 10.6 Å². The molecule has 0 aliphatic heterocycles. The number of urea groups is 1. The zero-order valence-electron chi connectivity index (χ0n) is 17.4. The van der Waals surface area contributed by atoms with Crippen LogP contribution in [0.15, 0.2) is 30.3 Å². The Morgan fingerprint density at radius 3 is 2.59 bits per heavy atom. The average molecular weight is 369 g/mol. The lowest BCUT2D eigenvalue weighted by molar-refractivity contribution is 0.00854. The summed E-state index contributed by atoms with van der Waals surface area (Å²) in [5.74, 6) is 3.68. The van der Waals surface area contributed by atoms with E-state index in [0.717, 1.165) is 24.2 Å². The first kappa shape index (κ1) is 18.8. The fourth-order valence-corrected chi connectivity index (χ4v) is 7.11. The van der Waals surface area contributed by atoms with Gasteiger partial charge in [0.25, 0.3) is 0 Å². The Hall–Kier alpha value is -1.51. The minimum atomic E-state index is -0.0516. The topological polar surface area (TPSA) is 41.1 Å². The second kappa shape index (κ2) is 6.83. The van der Waals surface area contributed by atoms with Gasteiger partial charge in [-0.1, -0.05) is 51.1 Å². The van der Waals surface area contributed by atoms with Crippen LogP contribution in [0, 0.1) is 35.0 Å². The highest BCUT2D eigenvalue weighted by atomic mass is 16.2. The predicted octanol–water partition coefficient (Wildman–Crippen LogP) is 5.02. The quantitative estimate of drug-likeness (QED) is 0.753. The summed E-state index contributed by atoms with van der Waals surface area (Å²) in [6.45, 7) is 10.3. The number of nitrogens with one attached hydrogen (secondary N) is 2. The van der Waals surface area contributed by atoms with E-state index in [1.807, 2.05) is 6.07 Å². The van der Waals surface area contributed by atoms with Gasteiger partial charge in [-0.25, -0.2) is 4.79 Å². The van der Waals surface area contributed by atoms with Gasteiger partial charge in [0.1, 0.15) is 0 Å². The number of amides is 2. The number of carbonyl (C=O) groups excluding carboxylic acids is 1. The fraction of sp³-hybridized carbons (Fsp3) is 0.708. The molecule has 3 aliphatic carbocycles. The van der Waals surface area contributed by atoms with Crippen molar-refractivity contribution in [1.82, 2.24) is 10.6 Å². The first-order chi connectivity index (χ1) is 12.8. The molecule has 3 heteroatoms. The molecular weight excluding hydrogens is 332 g/mol. The van der Waals surface area contributed by atoms with E-state index in [-0.39, 0.29) is 11.6 Å². The molecule has 3 fully saturated rings. The molecule has 0 radical (unpaired) electrons. The van der Waals surface area contributed by atoms with Crippen LogP contribution in [0.3, 0.4) is 0 Å². The van der Waals surface area contributed by atoms with Crippen LogP contribution in [0.4, 0.5) is 4.79 Å². The Balaban J connectivity index is 1.41. The standard InChI is InChI=1S/C24H36N2O/c1-16(2)20-13-21-23(3)14-18(20)12-19(15-23)24(21,4)26-22(27)25-11-10-17-8-6-5-7-9-17/h5-9,16,18-21H,10-15H2,1-4H3,(H2,25,26,27)/t18?,19-,20+,21+,23-,24?/m1/s1. The van der Waals surface area contributed by atoms with Crippen LogP contribution in [-0.4, -0.2) is 18.1 Å². The van der Waals surface area contributed by atoms with Crippen molar-refractivity contribution in [2.75, 3.05) is 6.54 Å². The molecule has 3 saturated carbocycles. The summed E-state index contributed by atoms with van der Waals surface area (Å²) in [6, 6.07) is 10.4. The van der Waals surface area contributed by atoms with Crippen molar-refractivity contribution >= 4 is 6.03 Å². The fourth-order valence-electron chi connectivity index (χ4n) is 7.11. The molecule has 0 saturated heterocycles. The minimum Gasteiger partial charge on any atom is -0.338 e. The molecule has 27 heavy (non-hydrogen) atoms. The molecule has 3 aliphatic rings. The lowest BCUT2D eigenvalue weighted by atomic mass is 9.56. The number of hydrogen-bond donors (Lipinski definition) is 2. The van der Waals surface area contributed by atoms with Crippen LogP contribution in [0.25, 0.3) is 0 Å². The molecule has 6 atom stereocenters. The van der Waals surface area contributed by atoms with Crippen LogP contribution in [0.1, 0.15) is 58.9 Å². The van der Waals surface area contributed by atoms with Crippen molar-refractivity contribution in [2.45, 2.75) is 65.3 Å². The van der Waals surface area contributed by atoms with Crippen LogP contribution in [0.2, 0.25) is 0 Å². The SMILES string of the molecule is CC(C)[C@@H]1C[C@@H]2C(C)(NC(=O)NCCc3ccccc3)[C@@H]3CC1C[C@]2(C)C3. The Morgan fingerprint density at radius 1 is 1.15 bits per heavy atom. The van der Waals surface area contributed by atoms with Crippen LogP contribution in [-0.2, 0) is 6.42 Å². The van der Waals surface area contributed by atoms with Crippen molar-refractivity contribution in [3.8, 4) is 0 Å². The van der Waals surface area contributed by atoms with E-state index >= 15 is 0 Å². The Morgan fingerprint density at radius 2 is 1.89 bits per heavy atom. The number of benzene rings is 1. The summed E-state index contributed by atoms with van der Waals surface area (Å²) in [5.41, 5.74) is 1.64. The van der Waals surface area contributed by atoms with Crippen molar-refractivity contribution < 1.29 is 4.79 Å². The van der Waals surface area contributed by atoms with Crippen molar-refractivity contribution in [3.05, 3.63) is 35.9 Å². The van der Waals surface area contributed by atoms with E-state index in [1.54, 1.807) is 0 Å². The summed E-state index contributed by atoms with van der Waals surface area (Å²) in [4.78, 5) is 12.8. The summed E-state index contributed by atoms with van der Waals surface area (Å²) in [7, 11) is 0. The monoisotopic (exact) mass is 368 g/mol. The van der Waals surface area contributed by atoms with Gasteiger partial charge in [0.15, 0.2) is 0 Å². The molecule has 0 spiro atoms. The Kier molecular flexibility index (Phi) is 4.76. The highest BCUT2D eigenvalue weighted by Gasteiger charge is 2.65. The maximum atomic E-state index is 12.8. The van der Waals surface area contributed by atoms with Crippen LogP contribution in [0.5, 0.6) is 0 Å². The Labute approximate surface area is 164 Å². The third kappa shape index (κ3) is 3.28. The predicted molar refractivity (Wildman–Crippen MR) is 110 cm³/mol. The van der Waals surface area contributed by atoms with Gasteiger partial charge in [-0.05, 0) is 79.6 Å². The maximum absolute atomic E-state index is 12.8. The highest BCUT2D eigenvalue weighted by Crippen LogP contribution is 2.68. The van der Waals surface area contributed by atoms with Gasteiger partial charge in [0.05, 0.1) is 0 Å². The number of fused-ring (bicyclic) bond motifs is 2. The second-order valence-electron chi connectivity index (χ2n) is 10.4. The molecule has 2 amide bonds. The average Bonchev–Trinajstić information content (AvgIpc) is 2.69. The largest absolute Gasteiger partial charge is 0.338 e. The molecular formula is C24H36N2O. The van der Waals surface area contributed by atoms with Gasteiger partial charge in [-0.3, -0.25) is 0 Å². The molecule has 2 N–H and O–H groups in total. The van der Waals surface area contributed by atoms with Crippen molar-refractivity contribution in [2.24, 2.45) is 35.0 Å². The zero-order chi connectivity index (χ0) is 19.2. The molecule has 1 aromatic rings. The van der Waals surface area contributed by atoms with E-state index in [4.69, 9.17) is 0 Å². The van der Waals surface area contributed by atoms with Gasteiger partial charge < -0.3 is 10.6 Å². The molecule has 1 aromatic carbocycles. The summed E-state index contributed by atoms with van der Waals surface area (Å²) < 4.78 is 0. The number of carbonyl (C=O) groups is 1. The van der Waals surface area contributed by atoms with E-state index in [2.05, 4.69) is 62.6 Å². The van der Waals surface area contributed by atoms with Gasteiger partial charge in [-0.2, -0.15) is 0 Å². The normalized spacial score (nSPS) is 39.6. The minimum absolute atomic E-state index is 0.0223. The van der Waals surface area contributed by atoms with Crippen molar-refractivity contribution in [3.63, 3.8) is 0 Å². The number of hydrogen-bond acceptors (Lipinski definition) is 1. The highest BCUT2D eigenvalue weighted by molar-refractivity contribution is 5.75. The maximum Gasteiger partial charge on any atom is 0.315 e. The molecule has 3 nitrogen and oxygen atoms in total.